The highest BCUT2D eigenvalue weighted by Crippen LogP contribution is 2.36. The molecule has 0 radical (unpaired) electrons. The maximum atomic E-state index is 13.1. The fourth-order valence-electron chi connectivity index (χ4n) is 2.95. The Kier molecular flexibility index (Phi) is 6.87. The van der Waals surface area contributed by atoms with E-state index in [1.165, 1.54) is 18.2 Å². The van der Waals surface area contributed by atoms with Crippen LogP contribution in [0.1, 0.15) is 21.5 Å². The van der Waals surface area contributed by atoms with Crippen LogP contribution in [0.15, 0.2) is 46.3 Å². The molecule has 1 heterocycles. The molecule has 1 amide bonds. The lowest BCUT2D eigenvalue weighted by Crippen LogP contribution is -2.22. The zero-order valence-electron chi connectivity index (χ0n) is 17.7. The van der Waals surface area contributed by atoms with Crippen LogP contribution in [0.5, 0.6) is 0 Å². The van der Waals surface area contributed by atoms with Gasteiger partial charge in [0.2, 0.25) is 0 Å². The van der Waals surface area contributed by atoms with E-state index in [-0.39, 0.29) is 38.1 Å². The standard InChI is InChI=1S/C20H14F6N2O5S2/c1-33-16(29)9-28-14-4-3-13(35(2,31)32)8-15(14)34-18(28)27-17(30)10-5-11(19(21,22)23)7-12(6-10)20(24,25)26/h3-8H,9H2,1-2H3. The second-order valence-electron chi connectivity index (χ2n) is 7.16. The van der Waals surface area contributed by atoms with E-state index in [2.05, 4.69) is 9.73 Å². The lowest BCUT2D eigenvalue weighted by atomic mass is 10.0. The van der Waals surface area contributed by atoms with Gasteiger partial charge in [0.15, 0.2) is 14.6 Å². The monoisotopic (exact) mass is 540 g/mol. The molecule has 0 aliphatic carbocycles. The number of hydrogen-bond donors (Lipinski definition) is 0. The Balaban J connectivity index is 2.24. The fourth-order valence-corrected chi connectivity index (χ4v) is 4.73. The highest BCUT2D eigenvalue weighted by molar-refractivity contribution is 7.90. The maximum absolute atomic E-state index is 13.1. The number of hydrogen-bond acceptors (Lipinski definition) is 6. The molecule has 188 valence electrons. The Morgan fingerprint density at radius 2 is 1.57 bits per heavy atom. The summed E-state index contributed by atoms with van der Waals surface area (Å²) in [7, 11) is -2.56. The first kappa shape index (κ1) is 26.4. The number of esters is 1. The van der Waals surface area contributed by atoms with Gasteiger partial charge >= 0.3 is 18.3 Å². The molecule has 3 aromatic rings. The van der Waals surface area contributed by atoms with E-state index in [1.54, 1.807) is 0 Å². The minimum absolute atomic E-state index is 0.0953. The molecule has 2 aromatic carbocycles. The van der Waals surface area contributed by atoms with Gasteiger partial charge in [-0.15, -0.1) is 0 Å². The first-order valence-corrected chi connectivity index (χ1v) is 12.0. The molecular weight excluding hydrogens is 526 g/mol. The Morgan fingerprint density at radius 3 is 2.06 bits per heavy atom. The molecule has 1 aromatic heterocycles. The van der Waals surface area contributed by atoms with Crippen LogP contribution in [0, 0.1) is 0 Å². The summed E-state index contributed by atoms with van der Waals surface area (Å²) in [6, 6.07) is 4.13. The third-order valence-electron chi connectivity index (χ3n) is 4.63. The molecule has 0 saturated heterocycles. The molecule has 0 spiro atoms. The minimum Gasteiger partial charge on any atom is -0.468 e. The first-order valence-electron chi connectivity index (χ1n) is 9.29. The van der Waals surface area contributed by atoms with Gasteiger partial charge in [0.25, 0.3) is 5.91 Å². The molecule has 7 nitrogen and oxygen atoms in total. The number of alkyl halides is 6. The van der Waals surface area contributed by atoms with Gasteiger partial charge < -0.3 is 9.30 Å². The lowest BCUT2D eigenvalue weighted by molar-refractivity contribution is -0.143. The molecular formula is C20H14F6N2O5S2. The number of fused-ring (bicyclic) bond motifs is 1. The molecule has 0 fully saturated rings. The van der Waals surface area contributed by atoms with Crippen molar-refractivity contribution in [3.05, 3.63) is 57.9 Å². The molecule has 15 heteroatoms. The van der Waals surface area contributed by atoms with E-state index in [9.17, 15) is 44.3 Å². The number of ether oxygens (including phenoxy) is 1. The summed E-state index contributed by atoms with van der Waals surface area (Å²) in [5.74, 6) is -2.24. The van der Waals surface area contributed by atoms with Gasteiger partial charge in [-0.3, -0.25) is 9.59 Å². The van der Waals surface area contributed by atoms with Crippen molar-refractivity contribution in [1.29, 1.82) is 0 Å². The number of halogens is 6. The van der Waals surface area contributed by atoms with Crippen molar-refractivity contribution in [2.45, 2.75) is 23.8 Å². The highest BCUT2D eigenvalue weighted by Gasteiger charge is 2.37. The summed E-state index contributed by atoms with van der Waals surface area (Å²) in [4.78, 5) is 27.8. The van der Waals surface area contributed by atoms with E-state index in [0.29, 0.717) is 11.3 Å². The molecule has 0 atom stereocenters. The van der Waals surface area contributed by atoms with Gasteiger partial charge in [0.05, 0.1) is 33.3 Å². The predicted octanol–water partition coefficient (Wildman–Crippen LogP) is 4.06. The van der Waals surface area contributed by atoms with E-state index in [4.69, 9.17) is 0 Å². The maximum Gasteiger partial charge on any atom is 0.416 e. The molecule has 0 saturated carbocycles. The quantitative estimate of drug-likeness (QED) is 0.368. The van der Waals surface area contributed by atoms with Crippen molar-refractivity contribution >= 4 is 43.3 Å². The van der Waals surface area contributed by atoms with E-state index < -0.39 is 57.3 Å². The van der Waals surface area contributed by atoms with Crippen molar-refractivity contribution in [3.8, 4) is 0 Å². The van der Waals surface area contributed by atoms with Gasteiger partial charge in [-0.25, -0.2) is 8.42 Å². The number of nitrogens with zero attached hydrogens (tertiary/aromatic N) is 2. The van der Waals surface area contributed by atoms with Gasteiger partial charge in [-0.2, -0.15) is 31.3 Å². The average molecular weight is 540 g/mol. The van der Waals surface area contributed by atoms with Crippen molar-refractivity contribution in [2.24, 2.45) is 4.99 Å². The van der Waals surface area contributed by atoms with Crippen LogP contribution >= 0.6 is 11.3 Å². The number of amides is 1. The summed E-state index contributed by atoms with van der Waals surface area (Å²) in [5.41, 5.74) is -4.13. The Labute approximate surface area is 197 Å². The smallest absolute Gasteiger partial charge is 0.416 e. The Hall–Kier alpha value is -3.20. The summed E-state index contributed by atoms with van der Waals surface area (Å²) >= 11 is 0.708. The van der Waals surface area contributed by atoms with Crippen molar-refractivity contribution < 1.29 is 49.1 Å². The van der Waals surface area contributed by atoms with Crippen molar-refractivity contribution in [3.63, 3.8) is 0 Å². The average Bonchev–Trinajstić information content (AvgIpc) is 3.07. The molecule has 0 aliphatic heterocycles. The summed E-state index contributed by atoms with van der Waals surface area (Å²) < 4.78 is 108. The third-order valence-corrected chi connectivity index (χ3v) is 6.78. The fraction of sp³-hybridized carbons (Fsp3) is 0.250. The SMILES string of the molecule is COC(=O)Cn1c(=NC(=O)c2cc(C(F)(F)F)cc(C(F)(F)F)c2)sc2cc(S(C)(=O)=O)ccc21. The number of methoxy groups -OCH3 is 1. The lowest BCUT2D eigenvalue weighted by Gasteiger charge is -2.13. The molecule has 0 aliphatic rings. The van der Waals surface area contributed by atoms with Gasteiger partial charge in [-0.1, -0.05) is 11.3 Å². The van der Waals surface area contributed by atoms with E-state index >= 15 is 0 Å². The van der Waals surface area contributed by atoms with Crippen LogP contribution in [0.3, 0.4) is 0 Å². The van der Waals surface area contributed by atoms with Crippen LogP contribution in [-0.4, -0.2) is 38.2 Å². The van der Waals surface area contributed by atoms with Gasteiger partial charge in [0.1, 0.15) is 6.54 Å². The molecule has 35 heavy (non-hydrogen) atoms. The number of carbonyl (C=O) groups is 2. The van der Waals surface area contributed by atoms with Gasteiger partial charge in [-0.05, 0) is 36.4 Å². The normalized spacial score (nSPS) is 13.3. The van der Waals surface area contributed by atoms with Crippen molar-refractivity contribution in [1.82, 2.24) is 4.57 Å². The Morgan fingerprint density at radius 1 is 1.00 bits per heavy atom. The zero-order valence-corrected chi connectivity index (χ0v) is 19.3. The number of benzene rings is 2. The molecule has 3 rings (SSSR count). The highest BCUT2D eigenvalue weighted by atomic mass is 32.2. The number of sulfone groups is 1. The van der Waals surface area contributed by atoms with Gasteiger partial charge in [0, 0.05) is 11.8 Å². The number of thiazole rings is 1. The van der Waals surface area contributed by atoms with Crippen LogP contribution in [0.25, 0.3) is 10.2 Å². The summed E-state index contributed by atoms with van der Waals surface area (Å²) in [6.45, 7) is -0.517. The van der Waals surface area contributed by atoms with E-state index in [0.717, 1.165) is 17.9 Å². The largest absolute Gasteiger partial charge is 0.468 e. The first-order chi connectivity index (χ1) is 16.0. The second-order valence-corrected chi connectivity index (χ2v) is 10.2. The van der Waals surface area contributed by atoms with E-state index in [1.807, 2.05) is 0 Å². The predicted molar refractivity (Wildman–Crippen MR) is 111 cm³/mol. The zero-order chi connectivity index (χ0) is 26.3. The van der Waals surface area contributed by atoms with Crippen LogP contribution < -0.4 is 4.80 Å². The summed E-state index contributed by atoms with van der Waals surface area (Å²) in [6.07, 6.45) is -9.38. The number of rotatable bonds is 4. The summed E-state index contributed by atoms with van der Waals surface area (Å²) in [5, 5.41) is 0. The minimum atomic E-state index is -5.17. The van der Waals surface area contributed by atoms with Crippen LogP contribution in [0.2, 0.25) is 0 Å². The number of carbonyl (C=O) groups excluding carboxylic acids is 2. The topological polar surface area (TPSA) is 94.8 Å². The second kappa shape index (κ2) is 9.11. The number of aromatic nitrogens is 1. The molecule has 0 unspecified atom stereocenters. The molecule has 0 N–H and O–H groups in total. The molecule has 0 bridgehead atoms. The van der Waals surface area contributed by atoms with Crippen LogP contribution in [0.4, 0.5) is 26.3 Å². The Bertz CT molecular complexity index is 1470. The van der Waals surface area contributed by atoms with Crippen molar-refractivity contribution in [2.75, 3.05) is 13.4 Å². The third kappa shape index (κ3) is 5.90. The van der Waals surface area contributed by atoms with Crippen LogP contribution in [-0.2, 0) is 38.3 Å².